The van der Waals surface area contributed by atoms with E-state index in [1.165, 1.54) is 0 Å². The number of thiocarbonyl (C=S) groups is 1. The lowest BCUT2D eigenvalue weighted by molar-refractivity contribution is 0.0639. The molecule has 4 nitrogen and oxygen atoms in total. The van der Waals surface area contributed by atoms with Crippen molar-refractivity contribution in [3.63, 3.8) is 0 Å². The number of para-hydroxylation sites is 1. The van der Waals surface area contributed by atoms with Crippen LogP contribution in [-0.2, 0) is 4.74 Å². The lowest BCUT2D eigenvalue weighted by Gasteiger charge is -2.26. The Morgan fingerprint density at radius 2 is 2.10 bits per heavy atom. The molecule has 1 atom stereocenters. The first-order chi connectivity index (χ1) is 9.84. The van der Waals surface area contributed by atoms with Crippen LogP contribution in [0, 0.1) is 0 Å². The summed E-state index contributed by atoms with van der Waals surface area (Å²) >= 11 is 5.49. The Labute approximate surface area is 123 Å². The molecule has 1 aliphatic heterocycles. The molecule has 1 N–H and O–H groups in total. The second-order valence-electron chi connectivity index (χ2n) is 4.50. The molecule has 0 amide bonds. The number of hydrogen-bond donors (Lipinski definition) is 1. The van der Waals surface area contributed by atoms with Crippen LogP contribution < -0.4 is 5.32 Å². The number of anilines is 1. The predicted octanol–water partition coefficient (Wildman–Crippen LogP) is 2.81. The number of nitrogens with zero attached hydrogens (tertiary/aromatic N) is 2. The van der Waals surface area contributed by atoms with Crippen LogP contribution >= 0.6 is 12.2 Å². The molecule has 5 heteroatoms. The Morgan fingerprint density at radius 1 is 1.25 bits per heavy atom. The average Bonchev–Trinajstić information content (AvgIpc) is 2.99. The van der Waals surface area contributed by atoms with Gasteiger partial charge in [0.15, 0.2) is 11.3 Å². The fourth-order valence-corrected chi connectivity index (χ4v) is 2.50. The lowest BCUT2D eigenvalue weighted by Crippen LogP contribution is -2.34. The Morgan fingerprint density at radius 3 is 2.85 bits per heavy atom. The van der Waals surface area contributed by atoms with Gasteiger partial charge in [0.25, 0.3) is 0 Å². The molecule has 1 aliphatic rings. The SMILES string of the molecule is S=C(Nc1ccccc1)N1CCOC1c1cccnc1. The molecule has 0 bridgehead atoms. The van der Waals surface area contributed by atoms with Crippen molar-refractivity contribution in [2.24, 2.45) is 0 Å². The highest BCUT2D eigenvalue weighted by Crippen LogP contribution is 2.26. The fourth-order valence-electron chi connectivity index (χ4n) is 2.19. The third-order valence-corrected chi connectivity index (χ3v) is 3.48. The predicted molar refractivity (Wildman–Crippen MR) is 82.3 cm³/mol. The van der Waals surface area contributed by atoms with Gasteiger partial charge in [-0.15, -0.1) is 0 Å². The van der Waals surface area contributed by atoms with Gasteiger partial charge in [-0.05, 0) is 30.4 Å². The fraction of sp³-hybridized carbons (Fsp3) is 0.200. The van der Waals surface area contributed by atoms with E-state index >= 15 is 0 Å². The molecular formula is C15H15N3OS. The summed E-state index contributed by atoms with van der Waals surface area (Å²) in [6.45, 7) is 1.44. The van der Waals surface area contributed by atoms with E-state index in [2.05, 4.69) is 10.3 Å². The Kier molecular flexibility index (Phi) is 3.90. The minimum absolute atomic E-state index is 0.160. The zero-order valence-electron chi connectivity index (χ0n) is 10.9. The van der Waals surface area contributed by atoms with E-state index in [0.29, 0.717) is 11.7 Å². The number of ether oxygens (including phenoxy) is 1. The monoisotopic (exact) mass is 285 g/mol. The highest BCUT2D eigenvalue weighted by molar-refractivity contribution is 7.80. The van der Waals surface area contributed by atoms with E-state index in [4.69, 9.17) is 17.0 Å². The minimum Gasteiger partial charge on any atom is -0.352 e. The van der Waals surface area contributed by atoms with E-state index < -0.39 is 0 Å². The van der Waals surface area contributed by atoms with Gasteiger partial charge in [0, 0.05) is 30.2 Å². The molecular weight excluding hydrogens is 270 g/mol. The first-order valence-electron chi connectivity index (χ1n) is 6.49. The van der Waals surface area contributed by atoms with Crippen LogP contribution in [0.15, 0.2) is 54.9 Å². The highest BCUT2D eigenvalue weighted by atomic mass is 32.1. The van der Waals surface area contributed by atoms with Crippen LogP contribution in [0.3, 0.4) is 0 Å². The number of pyridine rings is 1. The molecule has 0 radical (unpaired) electrons. The summed E-state index contributed by atoms with van der Waals surface area (Å²) in [4.78, 5) is 6.18. The topological polar surface area (TPSA) is 37.4 Å². The summed E-state index contributed by atoms with van der Waals surface area (Å²) < 4.78 is 5.77. The maximum Gasteiger partial charge on any atom is 0.175 e. The third kappa shape index (κ3) is 2.79. The zero-order valence-corrected chi connectivity index (χ0v) is 11.7. The molecule has 0 aliphatic carbocycles. The summed E-state index contributed by atoms with van der Waals surface area (Å²) in [5.74, 6) is 0. The van der Waals surface area contributed by atoms with E-state index in [-0.39, 0.29) is 6.23 Å². The average molecular weight is 285 g/mol. The smallest absolute Gasteiger partial charge is 0.175 e. The van der Waals surface area contributed by atoms with Gasteiger partial charge in [-0.1, -0.05) is 24.3 Å². The maximum atomic E-state index is 5.77. The summed E-state index contributed by atoms with van der Waals surface area (Å²) in [7, 11) is 0. The molecule has 1 aromatic carbocycles. The van der Waals surface area contributed by atoms with Gasteiger partial charge < -0.3 is 15.0 Å². The first-order valence-corrected chi connectivity index (χ1v) is 6.89. The van der Waals surface area contributed by atoms with Crippen LogP contribution in [-0.4, -0.2) is 28.1 Å². The van der Waals surface area contributed by atoms with Gasteiger partial charge in [-0.2, -0.15) is 0 Å². The standard InChI is InChI=1S/C15H15N3OS/c20-15(17-13-6-2-1-3-7-13)18-9-10-19-14(18)12-5-4-8-16-11-12/h1-8,11,14H,9-10H2,(H,17,20). The van der Waals surface area contributed by atoms with Crippen LogP contribution in [0.25, 0.3) is 0 Å². The lowest BCUT2D eigenvalue weighted by atomic mass is 10.2. The van der Waals surface area contributed by atoms with Crippen molar-refractivity contribution in [3.8, 4) is 0 Å². The summed E-state index contributed by atoms with van der Waals surface area (Å²) in [6, 6.07) is 13.8. The second-order valence-corrected chi connectivity index (χ2v) is 4.89. The van der Waals surface area contributed by atoms with Gasteiger partial charge in [-0.3, -0.25) is 4.98 Å². The third-order valence-electron chi connectivity index (χ3n) is 3.15. The molecule has 1 aromatic heterocycles. The molecule has 1 fully saturated rings. The largest absolute Gasteiger partial charge is 0.352 e. The van der Waals surface area contributed by atoms with Crippen molar-refractivity contribution in [1.29, 1.82) is 0 Å². The molecule has 0 spiro atoms. The molecule has 20 heavy (non-hydrogen) atoms. The van der Waals surface area contributed by atoms with E-state index in [1.807, 2.05) is 53.6 Å². The number of benzene rings is 1. The van der Waals surface area contributed by atoms with Crippen molar-refractivity contribution in [3.05, 3.63) is 60.4 Å². The molecule has 1 saturated heterocycles. The minimum atomic E-state index is -0.160. The van der Waals surface area contributed by atoms with Crippen LogP contribution in [0.4, 0.5) is 5.69 Å². The van der Waals surface area contributed by atoms with Gasteiger partial charge in [-0.25, -0.2) is 0 Å². The Balaban J connectivity index is 1.74. The van der Waals surface area contributed by atoms with Crippen LogP contribution in [0.5, 0.6) is 0 Å². The Bertz CT molecular complexity index is 576. The quantitative estimate of drug-likeness (QED) is 0.859. The van der Waals surface area contributed by atoms with E-state index in [1.54, 1.807) is 6.20 Å². The maximum absolute atomic E-state index is 5.77. The first kappa shape index (κ1) is 13.0. The normalized spacial score (nSPS) is 18.0. The zero-order chi connectivity index (χ0) is 13.8. The molecule has 3 rings (SSSR count). The van der Waals surface area contributed by atoms with Crippen molar-refractivity contribution in [1.82, 2.24) is 9.88 Å². The molecule has 1 unspecified atom stereocenters. The summed E-state index contributed by atoms with van der Waals surface area (Å²) in [5, 5.41) is 3.91. The second kappa shape index (κ2) is 5.98. The number of hydrogen-bond acceptors (Lipinski definition) is 3. The molecule has 102 valence electrons. The van der Waals surface area contributed by atoms with Crippen LogP contribution in [0.2, 0.25) is 0 Å². The van der Waals surface area contributed by atoms with Gasteiger partial charge in [0.05, 0.1) is 6.61 Å². The molecule has 0 saturated carbocycles. The van der Waals surface area contributed by atoms with E-state index in [9.17, 15) is 0 Å². The van der Waals surface area contributed by atoms with Crippen molar-refractivity contribution >= 4 is 23.0 Å². The molecule has 2 aromatic rings. The summed E-state index contributed by atoms with van der Waals surface area (Å²) in [5.41, 5.74) is 2.00. The van der Waals surface area contributed by atoms with Crippen molar-refractivity contribution in [2.75, 3.05) is 18.5 Å². The van der Waals surface area contributed by atoms with Gasteiger partial charge in [0.1, 0.15) is 0 Å². The molecule has 2 heterocycles. The van der Waals surface area contributed by atoms with Crippen molar-refractivity contribution < 1.29 is 4.74 Å². The van der Waals surface area contributed by atoms with Crippen molar-refractivity contribution in [2.45, 2.75) is 6.23 Å². The van der Waals surface area contributed by atoms with Crippen LogP contribution in [0.1, 0.15) is 11.8 Å². The van der Waals surface area contributed by atoms with E-state index in [0.717, 1.165) is 17.8 Å². The number of rotatable bonds is 2. The number of aromatic nitrogens is 1. The Hall–Kier alpha value is -1.98. The van der Waals surface area contributed by atoms with Gasteiger partial charge >= 0.3 is 0 Å². The number of nitrogens with one attached hydrogen (secondary N) is 1. The van der Waals surface area contributed by atoms with Gasteiger partial charge in [0.2, 0.25) is 0 Å². The summed E-state index contributed by atoms with van der Waals surface area (Å²) in [6.07, 6.45) is 3.41. The highest BCUT2D eigenvalue weighted by Gasteiger charge is 2.28.